The van der Waals surface area contributed by atoms with Crippen LogP contribution in [0.15, 0.2) is 16.9 Å². The van der Waals surface area contributed by atoms with Gasteiger partial charge in [0.25, 0.3) is 11.5 Å². The summed E-state index contributed by atoms with van der Waals surface area (Å²) in [4.78, 5) is 27.0. The van der Waals surface area contributed by atoms with Crippen molar-refractivity contribution in [3.8, 4) is 5.88 Å². The number of H-pyrrole nitrogens is 1. The summed E-state index contributed by atoms with van der Waals surface area (Å²) in [7, 11) is 1.71. The Hall–Kier alpha value is -1.82. The maximum atomic E-state index is 12.1. The molecule has 0 aliphatic carbocycles. The summed E-state index contributed by atoms with van der Waals surface area (Å²) in [5.41, 5.74) is -0.271. The maximum absolute atomic E-state index is 12.1. The second-order valence-electron chi connectivity index (χ2n) is 4.18. The molecule has 0 spiro atoms. The third-order valence-corrected chi connectivity index (χ3v) is 2.98. The third kappa shape index (κ3) is 2.47. The number of rotatable bonds is 2. The molecule has 1 atom stereocenters. The third-order valence-electron chi connectivity index (χ3n) is 2.98. The quantitative estimate of drug-likeness (QED) is 0.648. The van der Waals surface area contributed by atoms with Crippen LogP contribution in [0.5, 0.6) is 5.88 Å². The Morgan fingerprint density at radius 1 is 1.53 bits per heavy atom. The highest BCUT2D eigenvalue weighted by molar-refractivity contribution is 5.94. The largest absolute Gasteiger partial charge is 0.494 e. The molecule has 6 heteroatoms. The molecule has 1 saturated heterocycles. The minimum Gasteiger partial charge on any atom is -0.494 e. The van der Waals surface area contributed by atoms with E-state index in [4.69, 9.17) is 0 Å². The Morgan fingerprint density at radius 3 is 2.88 bits per heavy atom. The van der Waals surface area contributed by atoms with Gasteiger partial charge in [-0.3, -0.25) is 14.6 Å². The number of carbonyl (C=O) groups is 1. The van der Waals surface area contributed by atoms with E-state index in [0.717, 1.165) is 19.5 Å². The summed E-state index contributed by atoms with van der Waals surface area (Å²) < 4.78 is 0. The fraction of sp³-hybridized carbons (Fsp3) is 0.455. The Balaban J connectivity index is 2.20. The minimum absolute atomic E-state index is 0.143. The molecule has 17 heavy (non-hydrogen) atoms. The Morgan fingerprint density at radius 2 is 2.29 bits per heavy atom. The lowest BCUT2D eigenvalue weighted by Crippen LogP contribution is -2.38. The van der Waals surface area contributed by atoms with Gasteiger partial charge < -0.3 is 15.3 Å². The summed E-state index contributed by atoms with van der Waals surface area (Å²) in [5.74, 6) is -0.543. The highest BCUT2D eigenvalue weighted by Gasteiger charge is 2.24. The highest BCUT2D eigenvalue weighted by atomic mass is 16.3. The lowest BCUT2D eigenvalue weighted by molar-refractivity contribution is 0.0743. The molecule has 1 unspecified atom stereocenters. The topological polar surface area (TPSA) is 85.4 Å². The summed E-state index contributed by atoms with van der Waals surface area (Å²) in [6.07, 6.45) is 0.900. The van der Waals surface area contributed by atoms with Crippen LogP contribution in [0.3, 0.4) is 0 Å². The number of pyridine rings is 1. The van der Waals surface area contributed by atoms with E-state index >= 15 is 0 Å². The zero-order valence-corrected chi connectivity index (χ0v) is 9.56. The maximum Gasteiger partial charge on any atom is 0.254 e. The summed E-state index contributed by atoms with van der Waals surface area (Å²) in [6.45, 7) is 1.65. The van der Waals surface area contributed by atoms with Gasteiger partial charge in [0.15, 0.2) is 5.88 Å². The van der Waals surface area contributed by atoms with Crippen LogP contribution in [0.2, 0.25) is 0 Å². The molecule has 3 N–H and O–H groups in total. The van der Waals surface area contributed by atoms with E-state index in [2.05, 4.69) is 10.3 Å². The van der Waals surface area contributed by atoms with E-state index in [0.29, 0.717) is 0 Å². The molecule has 2 heterocycles. The van der Waals surface area contributed by atoms with Crippen LogP contribution in [-0.2, 0) is 0 Å². The van der Waals surface area contributed by atoms with Crippen LogP contribution < -0.4 is 10.9 Å². The summed E-state index contributed by atoms with van der Waals surface area (Å²) >= 11 is 0. The van der Waals surface area contributed by atoms with Crippen LogP contribution in [0, 0.1) is 0 Å². The number of amides is 1. The second-order valence-corrected chi connectivity index (χ2v) is 4.18. The van der Waals surface area contributed by atoms with Gasteiger partial charge in [0.1, 0.15) is 0 Å². The zero-order chi connectivity index (χ0) is 12.4. The Labute approximate surface area is 98.3 Å². The van der Waals surface area contributed by atoms with E-state index in [-0.39, 0.29) is 23.4 Å². The molecule has 1 aromatic heterocycles. The van der Waals surface area contributed by atoms with Crippen molar-refractivity contribution in [3.63, 3.8) is 0 Å². The number of carbonyl (C=O) groups excluding carboxylic acids is 1. The average molecular weight is 237 g/mol. The number of aromatic hydroxyl groups is 1. The van der Waals surface area contributed by atoms with E-state index in [1.165, 1.54) is 12.1 Å². The summed E-state index contributed by atoms with van der Waals surface area (Å²) in [6, 6.07) is 2.60. The molecule has 0 radical (unpaired) electrons. The zero-order valence-electron chi connectivity index (χ0n) is 9.56. The Bertz CT molecular complexity index is 477. The standard InChI is InChI=1S/C11H15N3O3/c1-14(8-2-3-12-6-8)11(17)7-4-9(15)13-10(16)5-7/h4-5,8,12H,2-3,6H2,1H3,(H2,13,15,16). The van der Waals surface area contributed by atoms with Crippen molar-refractivity contribution in [2.24, 2.45) is 0 Å². The number of hydrogen-bond acceptors (Lipinski definition) is 4. The van der Waals surface area contributed by atoms with E-state index in [1.54, 1.807) is 11.9 Å². The smallest absolute Gasteiger partial charge is 0.254 e. The first kappa shape index (κ1) is 11.7. The minimum atomic E-state index is -0.480. The number of hydrogen-bond donors (Lipinski definition) is 3. The van der Waals surface area contributed by atoms with Gasteiger partial charge in [-0.1, -0.05) is 0 Å². The van der Waals surface area contributed by atoms with E-state index < -0.39 is 5.56 Å². The number of nitrogens with zero attached hydrogens (tertiary/aromatic N) is 1. The molecule has 0 saturated carbocycles. The first-order valence-electron chi connectivity index (χ1n) is 5.49. The molecule has 1 aliphatic heterocycles. The van der Waals surface area contributed by atoms with Crippen molar-refractivity contribution in [1.82, 2.24) is 15.2 Å². The molecule has 1 amide bonds. The SMILES string of the molecule is CN(C(=O)c1cc(O)[nH]c(=O)c1)C1CCNC1. The van der Waals surface area contributed by atoms with Crippen molar-refractivity contribution in [2.75, 3.05) is 20.1 Å². The number of aromatic nitrogens is 1. The van der Waals surface area contributed by atoms with Gasteiger partial charge in [0.2, 0.25) is 0 Å². The lowest BCUT2D eigenvalue weighted by Gasteiger charge is -2.23. The van der Waals surface area contributed by atoms with Crippen molar-refractivity contribution in [2.45, 2.75) is 12.5 Å². The van der Waals surface area contributed by atoms with E-state index in [9.17, 15) is 14.7 Å². The number of nitrogens with one attached hydrogen (secondary N) is 2. The normalized spacial score (nSPS) is 19.2. The van der Waals surface area contributed by atoms with Crippen molar-refractivity contribution in [3.05, 3.63) is 28.0 Å². The van der Waals surface area contributed by atoms with Crippen LogP contribution >= 0.6 is 0 Å². The van der Waals surface area contributed by atoms with Gasteiger partial charge >= 0.3 is 0 Å². The van der Waals surface area contributed by atoms with Gasteiger partial charge in [0.05, 0.1) is 5.56 Å². The molecule has 6 nitrogen and oxygen atoms in total. The molecular weight excluding hydrogens is 222 g/mol. The fourth-order valence-electron chi connectivity index (χ4n) is 1.99. The molecule has 0 aromatic carbocycles. The average Bonchev–Trinajstić information content (AvgIpc) is 2.79. The monoisotopic (exact) mass is 237 g/mol. The van der Waals surface area contributed by atoms with Crippen molar-refractivity contribution >= 4 is 5.91 Å². The molecule has 1 aliphatic rings. The fourth-order valence-corrected chi connectivity index (χ4v) is 1.99. The van der Waals surface area contributed by atoms with Gasteiger partial charge in [-0.2, -0.15) is 0 Å². The van der Waals surface area contributed by atoms with Gasteiger partial charge in [-0.25, -0.2) is 0 Å². The van der Waals surface area contributed by atoms with Crippen LogP contribution in [0.1, 0.15) is 16.8 Å². The van der Waals surface area contributed by atoms with Crippen LogP contribution in [0.25, 0.3) is 0 Å². The van der Waals surface area contributed by atoms with Gasteiger partial charge in [-0.05, 0) is 13.0 Å². The van der Waals surface area contributed by atoms with Crippen molar-refractivity contribution in [1.29, 1.82) is 0 Å². The molecule has 0 bridgehead atoms. The first-order chi connectivity index (χ1) is 8.08. The molecule has 1 fully saturated rings. The lowest BCUT2D eigenvalue weighted by atomic mass is 10.2. The predicted octanol–water partition coefficient (Wildman–Crippen LogP) is -0.486. The predicted molar refractivity (Wildman–Crippen MR) is 62.1 cm³/mol. The summed E-state index contributed by atoms with van der Waals surface area (Å²) in [5, 5.41) is 12.4. The van der Waals surface area contributed by atoms with Crippen LogP contribution in [-0.4, -0.2) is 47.1 Å². The van der Waals surface area contributed by atoms with Gasteiger partial charge in [0, 0.05) is 31.8 Å². The first-order valence-corrected chi connectivity index (χ1v) is 5.49. The molecule has 2 rings (SSSR count). The number of aromatic amines is 1. The van der Waals surface area contributed by atoms with E-state index in [1.807, 2.05) is 0 Å². The van der Waals surface area contributed by atoms with Gasteiger partial charge in [-0.15, -0.1) is 0 Å². The molecular formula is C11H15N3O3. The Kier molecular flexibility index (Phi) is 3.14. The molecule has 1 aromatic rings. The molecule has 92 valence electrons. The number of likely N-dealkylation sites (N-methyl/N-ethyl adjacent to an activating group) is 1. The second kappa shape index (κ2) is 4.58. The van der Waals surface area contributed by atoms with Crippen LogP contribution in [0.4, 0.5) is 0 Å². The van der Waals surface area contributed by atoms with Crippen molar-refractivity contribution < 1.29 is 9.90 Å². The highest BCUT2D eigenvalue weighted by Crippen LogP contribution is 2.12.